The fourth-order valence-electron chi connectivity index (χ4n) is 4.52. The fraction of sp³-hybridized carbons (Fsp3) is 0.400. The standard InChI is InChI=1S/C30H37N5O2/c1-5-24(4)35(30(37)26-13-9-23(3)10-14-26)21-29(36)34-18-6-17-33(19-20-34)28-16-15-27(31-32-28)25-11-7-22(2)8-12-25/h7-16,24H,5-6,17-21H2,1-4H3/t24-/m1/s1. The molecule has 0 N–H and O–H groups in total. The van der Waals surface area contributed by atoms with Gasteiger partial charge in [0.15, 0.2) is 5.82 Å². The molecule has 0 radical (unpaired) electrons. The number of anilines is 1. The Labute approximate surface area is 220 Å². The second kappa shape index (κ2) is 12.0. The Morgan fingerprint density at radius 2 is 1.54 bits per heavy atom. The van der Waals surface area contributed by atoms with Crippen molar-refractivity contribution in [3.05, 3.63) is 77.4 Å². The van der Waals surface area contributed by atoms with Crippen molar-refractivity contribution in [1.29, 1.82) is 0 Å². The van der Waals surface area contributed by atoms with E-state index in [1.165, 1.54) is 5.56 Å². The summed E-state index contributed by atoms with van der Waals surface area (Å²) in [6, 6.07) is 19.8. The number of aromatic nitrogens is 2. The zero-order valence-electron chi connectivity index (χ0n) is 22.4. The number of benzene rings is 2. The van der Waals surface area contributed by atoms with Crippen LogP contribution in [0.5, 0.6) is 0 Å². The highest BCUT2D eigenvalue weighted by Gasteiger charge is 2.27. The number of hydrogen-bond donors (Lipinski definition) is 0. The maximum absolute atomic E-state index is 13.3. The molecule has 1 aliphatic rings. The van der Waals surface area contributed by atoms with Gasteiger partial charge in [0.2, 0.25) is 5.91 Å². The smallest absolute Gasteiger partial charge is 0.254 e. The number of nitrogens with zero attached hydrogens (tertiary/aromatic N) is 5. The van der Waals surface area contributed by atoms with Gasteiger partial charge in [-0.15, -0.1) is 10.2 Å². The first-order valence-corrected chi connectivity index (χ1v) is 13.2. The molecule has 1 aromatic heterocycles. The molecule has 0 aliphatic carbocycles. The summed E-state index contributed by atoms with van der Waals surface area (Å²) >= 11 is 0. The Morgan fingerprint density at radius 1 is 0.865 bits per heavy atom. The molecule has 194 valence electrons. The molecule has 3 aromatic rings. The molecule has 0 saturated carbocycles. The number of carbonyl (C=O) groups excluding carboxylic acids is 2. The van der Waals surface area contributed by atoms with Gasteiger partial charge < -0.3 is 14.7 Å². The van der Waals surface area contributed by atoms with Gasteiger partial charge in [-0.1, -0.05) is 54.4 Å². The third-order valence-corrected chi connectivity index (χ3v) is 7.16. The van der Waals surface area contributed by atoms with Crippen LogP contribution in [0.3, 0.4) is 0 Å². The minimum atomic E-state index is -0.0944. The summed E-state index contributed by atoms with van der Waals surface area (Å²) < 4.78 is 0. The van der Waals surface area contributed by atoms with Crippen LogP contribution >= 0.6 is 0 Å². The first-order chi connectivity index (χ1) is 17.9. The van der Waals surface area contributed by atoms with E-state index in [1.807, 2.05) is 62.1 Å². The van der Waals surface area contributed by atoms with Crippen molar-refractivity contribution in [1.82, 2.24) is 20.0 Å². The molecular weight excluding hydrogens is 462 g/mol. The van der Waals surface area contributed by atoms with E-state index in [9.17, 15) is 9.59 Å². The van der Waals surface area contributed by atoms with E-state index in [0.29, 0.717) is 25.2 Å². The lowest BCUT2D eigenvalue weighted by molar-refractivity contribution is -0.132. The summed E-state index contributed by atoms with van der Waals surface area (Å²) in [6.07, 6.45) is 1.62. The van der Waals surface area contributed by atoms with Crippen molar-refractivity contribution in [3.63, 3.8) is 0 Å². The topological polar surface area (TPSA) is 69.6 Å². The number of carbonyl (C=O) groups is 2. The molecule has 7 nitrogen and oxygen atoms in total. The van der Waals surface area contributed by atoms with Crippen molar-refractivity contribution in [2.75, 3.05) is 37.6 Å². The molecule has 2 amide bonds. The van der Waals surface area contributed by atoms with Gasteiger partial charge in [-0.05, 0) is 57.9 Å². The van der Waals surface area contributed by atoms with Gasteiger partial charge in [0.25, 0.3) is 5.91 Å². The van der Waals surface area contributed by atoms with Crippen LogP contribution in [0.15, 0.2) is 60.7 Å². The fourth-order valence-corrected chi connectivity index (χ4v) is 4.52. The highest BCUT2D eigenvalue weighted by molar-refractivity contribution is 5.96. The van der Waals surface area contributed by atoms with Crippen LogP contribution < -0.4 is 4.90 Å². The predicted octanol–water partition coefficient (Wildman–Crippen LogP) is 4.74. The molecule has 2 aromatic carbocycles. The third kappa shape index (κ3) is 6.53. The zero-order valence-corrected chi connectivity index (χ0v) is 22.4. The second-order valence-corrected chi connectivity index (χ2v) is 9.92. The maximum Gasteiger partial charge on any atom is 0.254 e. The number of hydrogen-bond acceptors (Lipinski definition) is 5. The van der Waals surface area contributed by atoms with E-state index in [4.69, 9.17) is 0 Å². The highest BCUT2D eigenvalue weighted by atomic mass is 16.2. The number of aryl methyl sites for hydroxylation is 2. The van der Waals surface area contributed by atoms with Crippen LogP contribution in [0.1, 0.15) is 48.2 Å². The second-order valence-electron chi connectivity index (χ2n) is 9.92. The van der Waals surface area contributed by atoms with E-state index in [-0.39, 0.29) is 24.4 Å². The lowest BCUT2D eigenvalue weighted by atomic mass is 10.1. The maximum atomic E-state index is 13.3. The van der Waals surface area contributed by atoms with Crippen LogP contribution in [0.4, 0.5) is 5.82 Å². The van der Waals surface area contributed by atoms with Crippen molar-refractivity contribution in [3.8, 4) is 11.3 Å². The van der Waals surface area contributed by atoms with E-state index >= 15 is 0 Å². The van der Waals surface area contributed by atoms with Gasteiger partial charge >= 0.3 is 0 Å². The Kier molecular flexibility index (Phi) is 8.54. The van der Waals surface area contributed by atoms with Gasteiger partial charge in [0, 0.05) is 43.3 Å². The minimum Gasteiger partial charge on any atom is -0.353 e. The minimum absolute atomic E-state index is 0.0107. The van der Waals surface area contributed by atoms with Crippen LogP contribution in [-0.2, 0) is 4.79 Å². The van der Waals surface area contributed by atoms with E-state index < -0.39 is 0 Å². The molecule has 0 spiro atoms. The van der Waals surface area contributed by atoms with Crippen molar-refractivity contribution in [2.45, 2.75) is 46.6 Å². The summed E-state index contributed by atoms with van der Waals surface area (Å²) in [5.41, 5.74) is 4.82. The molecule has 37 heavy (non-hydrogen) atoms. The lowest BCUT2D eigenvalue weighted by Gasteiger charge is -2.31. The molecule has 1 aliphatic heterocycles. The normalized spacial score (nSPS) is 14.7. The van der Waals surface area contributed by atoms with Crippen LogP contribution in [0.2, 0.25) is 0 Å². The predicted molar refractivity (Wildman–Crippen MR) is 148 cm³/mol. The summed E-state index contributed by atoms with van der Waals surface area (Å²) in [6.45, 7) is 10.9. The molecule has 1 saturated heterocycles. The van der Waals surface area contributed by atoms with E-state index in [1.54, 1.807) is 4.90 Å². The number of rotatable bonds is 7. The first-order valence-electron chi connectivity index (χ1n) is 13.2. The van der Waals surface area contributed by atoms with E-state index in [2.05, 4.69) is 46.3 Å². The van der Waals surface area contributed by atoms with Gasteiger partial charge in [0.1, 0.15) is 6.54 Å². The van der Waals surface area contributed by atoms with Gasteiger partial charge in [-0.25, -0.2) is 0 Å². The van der Waals surface area contributed by atoms with Crippen molar-refractivity contribution in [2.24, 2.45) is 0 Å². The molecular formula is C30H37N5O2. The van der Waals surface area contributed by atoms with Gasteiger partial charge in [-0.3, -0.25) is 9.59 Å². The van der Waals surface area contributed by atoms with E-state index in [0.717, 1.165) is 42.0 Å². The molecule has 2 heterocycles. The molecule has 0 unspecified atom stereocenters. The SMILES string of the molecule is CC[C@@H](C)N(CC(=O)N1CCCN(c2ccc(-c3ccc(C)cc3)nn2)CC1)C(=O)c1ccc(C)cc1. The summed E-state index contributed by atoms with van der Waals surface area (Å²) in [5.74, 6) is 0.715. The summed E-state index contributed by atoms with van der Waals surface area (Å²) in [7, 11) is 0. The van der Waals surface area contributed by atoms with Crippen LogP contribution in [-0.4, -0.2) is 70.6 Å². The zero-order chi connectivity index (χ0) is 26.4. The average Bonchev–Trinajstić information content (AvgIpc) is 3.18. The van der Waals surface area contributed by atoms with Gasteiger partial charge in [-0.2, -0.15) is 0 Å². The lowest BCUT2D eigenvalue weighted by Crippen LogP contribution is -2.47. The highest BCUT2D eigenvalue weighted by Crippen LogP contribution is 2.20. The third-order valence-electron chi connectivity index (χ3n) is 7.16. The molecule has 7 heteroatoms. The molecule has 4 rings (SSSR count). The summed E-state index contributed by atoms with van der Waals surface area (Å²) in [5, 5.41) is 8.92. The average molecular weight is 500 g/mol. The summed E-state index contributed by atoms with van der Waals surface area (Å²) in [4.78, 5) is 32.4. The van der Waals surface area contributed by atoms with Crippen LogP contribution in [0, 0.1) is 13.8 Å². The molecule has 1 fully saturated rings. The van der Waals surface area contributed by atoms with Crippen LogP contribution in [0.25, 0.3) is 11.3 Å². The van der Waals surface area contributed by atoms with Gasteiger partial charge in [0.05, 0.1) is 5.69 Å². The first kappa shape index (κ1) is 26.3. The Balaban J connectivity index is 1.39. The Hall–Kier alpha value is -3.74. The largest absolute Gasteiger partial charge is 0.353 e. The monoisotopic (exact) mass is 499 g/mol. The van der Waals surface area contributed by atoms with Crippen molar-refractivity contribution >= 4 is 17.6 Å². The molecule has 1 atom stereocenters. The van der Waals surface area contributed by atoms with Crippen molar-refractivity contribution < 1.29 is 9.59 Å². The Bertz CT molecular complexity index is 1190. The Morgan fingerprint density at radius 3 is 2.16 bits per heavy atom. The quantitative estimate of drug-likeness (QED) is 0.470. The number of amides is 2. The molecule has 0 bridgehead atoms.